The first-order valence-corrected chi connectivity index (χ1v) is 6.04. The monoisotopic (exact) mass is 243 g/mol. The van der Waals surface area contributed by atoms with Crippen molar-refractivity contribution in [1.29, 1.82) is 5.26 Å². The zero-order valence-electron chi connectivity index (χ0n) is 10.5. The molecule has 0 aliphatic rings. The van der Waals surface area contributed by atoms with Crippen molar-refractivity contribution in [3.8, 4) is 6.07 Å². The molecule has 2 N–H and O–H groups in total. The molecule has 1 unspecified atom stereocenters. The molecule has 1 atom stereocenters. The van der Waals surface area contributed by atoms with E-state index in [1.165, 1.54) is 5.39 Å². The summed E-state index contributed by atoms with van der Waals surface area (Å²) in [7, 11) is 0. The minimum atomic E-state index is -0.355. The summed E-state index contributed by atoms with van der Waals surface area (Å²) in [5, 5.41) is 9.82. The van der Waals surface area contributed by atoms with E-state index >= 15 is 0 Å². The molecule has 18 heavy (non-hydrogen) atoms. The molecular formula is C14H17N3O. The SMILES string of the molecule is CC(C#N)OCCn1ccc2c(CN)cccc21. The Labute approximate surface area is 107 Å². The molecule has 2 rings (SSSR count). The van der Waals surface area contributed by atoms with Gasteiger partial charge in [-0.1, -0.05) is 12.1 Å². The lowest BCUT2D eigenvalue weighted by atomic mass is 10.1. The first-order valence-electron chi connectivity index (χ1n) is 6.04. The zero-order valence-corrected chi connectivity index (χ0v) is 10.5. The van der Waals surface area contributed by atoms with Crippen molar-refractivity contribution in [2.24, 2.45) is 5.73 Å². The van der Waals surface area contributed by atoms with Crippen molar-refractivity contribution in [3.63, 3.8) is 0 Å². The van der Waals surface area contributed by atoms with Crippen molar-refractivity contribution in [2.75, 3.05) is 6.61 Å². The highest BCUT2D eigenvalue weighted by Crippen LogP contribution is 2.19. The van der Waals surface area contributed by atoms with Gasteiger partial charge in [0.05, 0.1) is 12.7 Å². The maximum Gasteiger partial charge on any atom is 0.141 e. The van der Waals surface area contributed by atoms with Gasteiger partial charge < -0.3 is 15.0 Å². The molecule has 4 nitrogen and oxygen atoms in total. The third kappa shape index (κ3) is 2.53. The van der Waals surface area contributed by atoms with E-state index in [0.29, 0.717) is 13.2 Å². The molecule has 0 amide bonds. The molecule has 1 aromatic heterocycles. The average Bonchev–Trinajstić information content (AvgIpc) is 2.82. The van der Waals surface area contributed by atoms with E-state index in [2.05, 4.69) is 22.8 Å². The Hall–Kier alpha value is -1.83. The van der Waals surface area contributed by atoms with Crippen molar-refractivity contribution in [1.82, 2.24) is 4.57 Å². The second-order valence-electron chi connectivity index (χ2n) is 4.21. The van der Waals surface area contributed by atoms with Crippen LogP contribution in [0, 0.1) is 11.3 Å². The minimum Gasteiger partial charge on any atom is -0.362 e. The minimum absolute atomic E-state index is 0.355. The van der Waals surface area contributed by atoms with Crippen LogP contribution in [0.3, 0.4) is 0 Å². The number of benzene rings is 1. The number of nitriles is 1. The maximum absolute atomic E-state index is 8.64. The summed E-state index contributed by atoms with van der Waals surface area (Å²) in [6.07, 6.45) is 1.68. The Morgan fingerprint density at radius 1 is 1.44 bits per heavy atom. The van der Waals surface area contributed by atoms with E-state index in [9.17, 15) is 0 Å². The van der Waals surface area contributed by atoms with E-state index in [1.807, 2.05) is 18.3 Å². The lowest BCUT2D eigenvalue weighted by Crippen LogP contribution is -2.11. The van der Waals surface area contributed by atoms with Gasteiger partial charge in [-0.15, -0.1) is 0 Å². The van der Waals surface area contributed by atoms with Gasteiger partial charge in [-0.25, -0.2) is 0 Å². The van der Waals surface area contributed by atoms with Crippen LogP contribution in [0.25, 0.3) is 10.9 Å². The first kappa shape index (κ1) is 12.6. The van der Waals surface area contributed by atoms with Gasteiger partial charge in [-0.2, -0.15) is 5.26 Å². The third-order valence-electron chi connectivity index (χ3n) is 3.01. The molecule has 2 aromatic rings. The highest BCUT2D eigenvalue weighted by molar-refractivity contribution is 5.83. The number of rotatable bonds is 5. The summed E-state index contributed by atoms with van der Waals surface area (Å²) in [6, 6.07) is 10.3. The van der Waals surface area contributed by atoms with E-state index in [4.69, 9.17) is 15.7 Å². The number of ether oxygens (including phenoxy) is 1. The zero-order chi connectivity index (χ0) is 13.0. The van der Waals surface area contributed by atoms with Crippen LogP contribution in [-0.4, -0.2) is 17.3 Å². The number of hydrogen-bond acceptors (Lipinski definition) is 3. The molecular weight excluding hydrogens is 226 g/mol. The van der Waals surface area contributed by atoms with Crippen molar-refractivity contribution in [3.05, 3.63) is 36.0 Å². The lowest BCUT2D eigenvalue weighted by molar-refractivity contribution is 0.0959. The van der Waals surface area contributed by atoms with Crippen LogP contribution < -0.4 is 5.73 Å². The predicted molar refractivity (Wildman–Crippen MR) is 70.9 cm³/mol. The van der Waals surface area contributed by atoms with Crippen LogP contribution in [0.4, 0.5) is 0 Å². The van der Waals surface area contributed by atoms with Crippen LogP contribution in [0.2, 0.25) is 0 Å². The fourth-order valence-electron chi connectivity index (χ4n) is 2.03. The molecule has 0 saturated carbocycles. The number of nitrogens with zero attached hydrogens (tertiary/aromatic N) is 2. The highest BCUT2D eigenvalue weighted by Gasteiger charge is 2.05. The summed E-state index contributed by atoms with van der Waals surface area (Å²) in [6.45, 7) is 3.57. The predicted octanol–water partition coefficient (Wildman–Crippen LogP) is 2.03. The summed E-state index contributed by atoms with van der Waals surface area (Å²) in [5.74, 6) is 0. The fourth-order valence-corrected chi connectivity index (χ4v) is 2.03. The van der Waals surface area contributed by atoms with Gasteiger partial charge in [0, 0.05) is 30.2 Å². The van der Waals surface area contributed by atoms with E-state index in [0.717, 1.165) is 17.6 Å². The third-order valence-corrected chi connectivity index (χ3v) is 3.01. The number of hydrogen-bond donors (Lipinski definition) is 1. The normalized spacial score (nSPS) is 12.5. The first-order chi connectivity index (χ1) is 8.76. The van der Waals surface area contributed by atoms with Gasteiger partial charge in [-0.05, 0) is 24.6 Å². The fraction of sp³-hybridized carbons (Fsp3) is 0.357. The highest BCUT2D eigenvalue weighted by atomic mass is 16.5. The summed E-state index contributed by atoms with van der Waals surface area (Å²) < 4.78 is 7.49. The van der Waals surface area contributed by atoms with Gasteiger partial charge in [-0.3, -0.25) is 0 Å². The van der Waals surface area contributed by atoms with Crippen LogP contribution in [-0.2, 0) is 17.8 Å². The largest absolute Gasteiger partial charge is 0.362 e. The molecule has 0 radical (unpaired) electrons. The van der Waals surface area contributed by atoms with Gasteiger partial charge in [0.1, 0.15) is 6.10 Å². The molecule has 0 aliphatic heterocycles. The van der Waals surface area contributed by atoms with Crippen molar-refractivity contribution < 1.29 is 4.74 Å². The van der Waals surface area contributed by atoms with Gasteiger partial charge in [0.15, 0.2) is 0 Å². The van der Waals surface area contributed by atoms with Gasteiger partial charge in [0.25, 0.3) is 0 Å². The molecule has 0 spiro atoms. The molecule has 0 fully saturated rings. The number of fused-ring (bicyclic) bond motifs is 1. The van der Waals surface area contributed by atoms with E-state index in [-0.39, 0.29) is 6.10 Å². The molecule has 1 aromatic carbocycles. The number of aromatic nitrogens is 1. The second kappa shape index (κ2) is 5.67. The van der Waals surface area contributed by atoms with Crippen molar-refractivity contribution in [2.45, 2.75) is 26.1 Å². The molecule has 4 heteroatoms. The van der Waals surface area contributed by atoms with E-state index < -0.39 is 0 Å². The van der Waals surface area contributed by atoms with E-state index in [1.54, 1.807) is 6.92 Å². The van der Waals surface area contributed by atoms with Gasteiger partial charge in [0.2, 0.25) is 0 Å². The molecule has 0 aliphatic carbocycles. The molecule has 1 heterocycles. The average molecular weight is 243 g/mol. The Kier molecular flexibility index (Phi) is 3.98. The van der Waals surface area contributed by atoms with Crippen LogP contribution >= 0.6 is 0 Å². The maximum atomic E-state index is 8.64. The topological polar surface area (TPSA) is 64.0 Å². The smallest absolute Gasteiger partial charge is 0.141 e. The Bertz CT molecular complexity index is 568. The molecule has 0 saturated heterocycles. The summed E-state index contributed by atoms with van der Waals surface area (Å²) in [4.78, 5) is 0. The summed E-state index contributed by atoms with van der Waals surface area (Å²) >= 11 is 0. The van der Waals surface area contributed by atoms with Crippen LogP contribution in [0.15, 0.2) is 30.5 Å². The quantitative estimate of drug-likeness (QED) is 0.873. The summed E-state index contributed by atoms with van der Waals surface area (Å²) in [5.41, 5.74) is 8.02. The molecule has 94 valence electrons. The van der Waals surface area contributed by atoms with Crippen molar-refractivity contribution >= 4 is 10.9 Å². The van der Waals surface area contributed by atoms with Gasteiger partial charge >= 0.3 is 0 Å². The standard InChI is InChI=1S/C14H17N3O/c1-11(9-15)18-8-7-17-6-5-13-12(10-16)3-2-4-14(13)17/h2-6,11H,7-8,10,16H2,1H3. The van der Waals surface area contributed by atoms with Crippen LogP contribution in [0.1, 0.15) is 12.5 Å². The Balaban J connectivity index is 2.13. The Morgan fingerprint density at radius 3 is 3.00 bits per heavy atom. The number of nitrogens with two attached hydrogens (primary N) is 1. The van der Waals surface area contributed by atoms with Crippen LogP contribution in [0.5, 0.6) is 0 Å². The second-order valence-corrected chi connectivity index (χ2v) is 4.21. The lowest BCUT2D eigenvalue weighted by Gasteiger charge is -2.08. The molecule has 0 bridgehead atoms. The Morgan fingerprint density at radius 2 is 2.28 bits per heavy atom.